The molecule has 0 N–H and O–H groups in total. The number of allylic oxidation sites excluding steroid dienone is 4. The van der Waals surface area contributed by atoms with Gasteiger partial charge in [0, 0.05) is 0 Å². The van der Waals surface area contributed by atoms with Crippen LogP contribution in [0.2, 0.25) is 19.6 Å². The van der Waals surface area contributed by atoms with Gasteiger partial charge in [-0.1, -0.05) is 74.8 Å². The average molecular weight is 659 g/mol. The Morgan fingerprint density at radius 2 is 1.27 bits per heavy atom. The van der Waals surface area contributed by atoms with Crippen LogP contribution in [0.4, 0.5) is 0 Å². The molecule has 1 unspecified atom stereocenters. The van der Waals surface area contributed by atoms with Crippen LogP contribution in [0.15, 0.2) is 120 Å². The van der Waals surface area contributed by atoms with E-state index in [-0.39, 0.29) is 24.8 Å². The molecule has 204 valence electrons. The van der Waals surface area contributed by atoms with Crippen molar-refractivity contribution in [1.29, 1.82) is 0 Å². The molecule has 0 bridgehead atoms. The van der Waals surface area contributed by atoms with Gasteiger partial charge in [0.05, 0.1) is 0 Å². The maximum Gasteiger partial charge on any atom is -0.0253 e. The predicted octanol–water partition coefficient (Wildman–Crippen LogP) is 3.06. The first-order valence-electron chi connectivity index (χ1n) is 13.3. The first-order chi connectivity index (χ1) is 18.2. The molecular weight excluding hydrogens is 623 g/mol. The summed E-state index contributed by atoms with van der Waals surface area (Å²) in [5.41, 5.74) is 9.57. The van der Waals surface area contributed by atoms with Gasteiger partial charge in [-0.25, -0.2) is 10.8 Å². The summed E-state index contributed by atoms with van der Waals surface area (Å²) >= 11 is 1.46. The Kier molecular flexibility index (Phi) is 13.5. The zero-order valence-corrected chi connectivity index (χ0v) is 28.9. The molecule has 0 aromatic heterocycles. The molecule has 2 aliphatic carbocycles. The molecular formula is C36H36Cl2SiZr-2. The van der Waals surface area contributed by atoms with Crippen molar-refractivity contribution in [3.63, 3.8) is 0 Å². The number of hydrogen-bond acceptors (Lipinski definition) is 0. The van der Waals surface area contributed by atoms with Crippen molar-refractivity contribution in [1.82, 2.24) is 0 Å². The first-order valence-corrected chi connectivity index (χ1v) is 18.1. The van der Waals surface area contributed by atoms with E-state index in [9.17, 15) is 0 Å². The molecule has 6 rings (SSSR count). The molecule has 4 aromatic rings. The van der Waals surface area contributed by atoms with Gasteiger partial charge in [0.2, 0.25) is 0 Å². The number of hydrogen-bond donors (Lipinski definition) is 0. The first kappa shape index (κ1) is 34.1. The molecule has 0 saturated carbocycles. The fraction of sp³-hybridized carbons (Fsp3) is 0.194. The van der Waals surface area contributed by atoms with E-state index >= 15 is 0 Å². The topological polar surface area (TPSA) is 0 Å². The second-order valence-corrected chi connectivity index (χ2v) is 17.2. The summed E-state index contributed by atoms with van der Waals surface area (Å²) in [6.45, 7) is 11.6. The second-order valence-electron chi connectivity index (χ2n) is 10.9. The van der Waals surface area contributed by atoms with Crippen molar-refractivity contribution < 1.29 is 49.0 Å². The molecule has 0 heterocycles. The molecule has 1 atom stereocenters. The zero-order valence-electron chi connectivity index (χ0n) is 23.9. The third-order valence-electron chi connectivity index (χ3n) is 6.81. The quantitative estimate of drug-likeness (QED) is 0.207. The summed E-state index contributed by atoms with van der Waals surface area (Å²) in [6, 6.07) is 39.2. The molecule has 4 aromatic carbocycles. The SMILES string of the molecule is CC1=[C-]C(C)C=C1[Si](C)(C)C.[Cl-].[Cl-].[Zr+2]=[C](c1ccccc1)c1ccccc1.[c-]1cccc2c1Cc1ccccc1-2. The van der Waals surface area contributed by atoms with Crippen molar-refractivity contribution in [2.24, 2.45) is 5.92 Å². The van der Waals surface area contributed by atoms with Crippen molar-refractivity contribution >= 4 is 11.3 Å². The summed E-state index contributed by atoms with van der Waals surface area (Å²) in [6.07, 6.45) is 6.86. The molecule has 40 heavy (non-hydrogen) atoms. The number of halogens is 2. The Labute approximate surface area is 269 Å². The van der Waals surface area contributed by atoms with Crippen LogP contribution in [0.25, 0.3) is 11.1 Å². The van der Waals surface area contributed by atoms with Gasteiger partial charge in [-0.2, -0.15) is 35.9 Å². The fourth-order valence-corrected chi connectivity index (χ4v) is 7.79. The zero-order chi connectivity index (χ0) is 27.1. The van der Waals surface area contributed by atoms with E-state index in [2.05, 4.69) is 149 Å². The Balaban J connectivity index is 0.000000207. The van der Waals surface area contributed by atoms with Crippen molar-refractivity contribution in [2.45, 2.75) is 39.9 Å². The monoisotopic (exact) mass is 656 g/mol. The van der Waals surface area contributed by atoms with Crippen LogP contribution in [0.3, 0.4) is 0 Å². The number of benzene rings is 4. The van der Waals surface area contributed by atoms with Gasteiger partial charge in [-0.05, 0) is 14.5 Å². The van der Waals surface area contributed by atoms with Crippen LogP contribution in [0.5, 0.6) is 0 Å². The summed E-state index contributed by atoms with van der Waals surface area (Å²) in [5.74, 6) is 0.553. The standard InChI is InChI=1S/C13H9.C13H10.C10H17Si.2ClH.Zr/c1-3-7-12-10(5-1)9-11-6-2-4-8-13(11)12;1-3-7-12(8-4-1)11-13-9-5-2-6-10-13;1-8-6-9(2)10(7-8)11(3,4)5;;;/h1-5,7-8H,9H2;1-10H;7-8H,1-5H3;2*1H;/q-1;;-1;;;+2/p-2. The fourth-order valence-electron chi connectivity index (χ4n) is 5.02. The number of rotatable bonds is 3. The molecule has 0 amide bonds. The molecule has 0 radical (unpaired) electrons. The molecule has 2 aliphatic rings. The van der Waals surface area contributed by atoms with Crippen LogP contribution in [-0.2, 0) is 30.7 Å². The molecule has 0 fully saturated rings. The van der Waals surface area contributed by atoms with Crippen LogP contribution in [0, 0.1) is 18.1 Å². The Morgan fingerprint density at radius 1 is 0.750 bits per heavy atom. The van der Waals surface area contributed by atoms with Crippen molar-refractivity contribution in [3.05, 3.63) is 154 Å². The average Bonchev–Trinajstić information content (AvgIpc) is 3.49. The van der Waals surface area contributed by atoms with E-state index < -0.39 is 8.07 Å². The molecule has 0 saturated heterocycles. The van der Waals surface area contributed by atoms with Gasteiger partial charge in [0.15, 0.2) is 0 Å². The van der Waals surface area contributed by atoms with E-state index in [4.69, 9.17) is 0 Å². The Morgan fingerprint density at radius 3 is 1.77 bits per heavy atom. The van der Waals surface area contributed by atoms with Crippen LogP contribution in [-0.4, -0.2) is 11.3 Å². The molecule has 0 aliphatic heterocycles. The van der Waals surface area contributed by atoms with Gasteiger partial charge in [0.25, 0.3) is 0 Å². The van der Waals surface area contributed by atoms with Crippen molar-refractivity contribution in [2.75, 3.05) is 0 Å². The van der Waals surface area contributed by atoms with E-state index in [1.54, 1.807) is 5.20 Å². The van der Waals surface area contributed by atoms with Crippen LogP contribution >= 0.6 is 0 Å². The molecule has 4 heteroatoms. The predicted molar refractivity (Wildman–Crippen MR) is 163 cm³/mol. The minimum atomic E-state index is -1.07. The number of fused-ring (bicyclic) bond motifs is 3. The van der Waals surface area contributed by atoms with Crippen LogP contribution < -0.4 is 24.8 Å². The maximum atomic E-state index is 3.43. The molecule has 0 nitrogen and oxygen atoms in total. The van der Waals surface area contributed by atoms with E-state index in [1.807, 2.05) is 6.07 Å². The van der Waals surface area contributed by atoms with Gasteiger partial charge in [0.1, 0.15) is 0 Å². The Bertz CT molecular complexity index is 1370. The minimum absolute atomic E-state index is 0. The smallest absolute Gasteiger partial charge is 0.0253 e. The normalized spacial score (nSPS) is 14.3. The second kappa shape index (κ2) is 15.8. The van der Waals surface area contributed by atoms with E-state index in [0.717, 1.165) is 6.42 Å². The summed E-state index contributed by atoms with van der Waals surface area (Å²) in [4.78, 5) is 0. The third kappa shape index (κ3) is 8.95. The summed E-state index contributed by atoms with van der Waals surface area (Å²) < 4.78 is 1.42. The van der Waals surface area contributed by atoms with Crippen LogP contribution in [0.1, 0.15) is 36.1 Å². The van der Waals surface area contributed by atoms with Gasteiger partial charge in [-0.15, -0.1) is 5.56 Å². The largest absolute Gasteiger partial charge is 0.179 e. The van der Waals surface area contributed by atoms with Gasteiger partial charge < -0.3 is 24.8 Å². The molecule has 0 spiro atoms. The third-order valence-corrected chi connectivity index (χ3v) is 10.4. The van der Waals surface area contributed by atoms with E-state index in [1.165, 1.54) is 66.4 Å². The van der Waals surface area contributed by atoms with Crippen molar-refractivity contribution in [3.8, 4) is 11.1 Å². The maximum absolute atomic E-state index is 3.43. The van der Waals surface area contributed by atoms with Gasteiger partial charge >= 0.3 is 99.2 Å². The summed E-state index contributed by atoms with van der Waals surface area (Å²) in [7, 11) is -1.07. The minimum Gasteiger partial charge on any atom is -0.179 e. The van der Waals surface area contributed by atoms with Gasteiger partial charge in [-0.3, -0.25) is 6.08 Å². The summed E-state index contributed by atoms with van der Waals surface area (Å²) in [5, 5.41) is 1.60. The Hall–Kier alpha value is -2.09. The van der Waals surface area contributed by atoms with E-state index in [0.29, 0.717) is 5.92 Å².